The van der Waals surface area contributed by atoms with Crippen molar-refractivity contribution in [3.05, 3.63) is 0 Å². The van der Waals surface area contributed by atoms with Gasteiger partial charge in [0.2, 0.25) is 0 Å². The molecule has 20 heavy (non-hydrogen) atoms. The Morgan fingerprint density at radius 3 is 1.05 bits per heavy atom. The predicted octanol–water partition coefficient (Wildman–Crippen LogP) is -5.48. The van der Waals surface area contributed by atoms with Crippen molar-refractivity contribution in [1.29, 1.82) is 0 Å². The number of aliphatic hydroxyl groups excluding tert-OH is 8. The molecule has 0 rings (SSSR count). The molecular weight excluding hydrogens is 280 g/mol. The average molecular weight is 300 g/mol. The highest BCUT2D eigenvalue weighted by molar-refractivity contribution is 5.57. The lowest BCUT2D eigenvalue weighted by Gasteiger charge is -2.16. The van der Waals surface area contributed by atoms with Crippen LogP contribution in [-0.2, 0) is 9.59 Å². The molecule has 120 valence electrons. The minimum absolute atomic E-state index is 0.0869. The van der Waals surface area contributed by atoms with Crippen LogP contribution < -0.4 is 0 Å². The van der Waals surface area contributed by atoms with Gasteiger partial charge in [0.15, 0.2) is 12.6 Å². The number of carbonyl (C=O) groups is 2. The molecule has 0 spiro atoms. The summed E-state index contributed by atoms with van der Waals surface area (Å²) in [6.45, 7) is -1.38. The number of aldehydes is 2. The number of carbonyl (C=O) groups excluding carboxylic acids is 2. The van der Waals surface area contributed by atoms with Gasteiger partial charge in [-0.05, 0) is 0 Å². The van der Waals surface area contributed by atoms with Gasteiger partial charge in [-0.15, -0.1) is 0 Å². The summed E-state index contributed by atoms with van der Waals surface area (Å²) in [5, 5.41) is 68.1. The normalized spacial score (nSPS) is 19.6. The summed E-state index contributed by atoms with van der Waals surface area (Å²) in [7, 11) is 0. The highest BCUT2D eigenvalue weighted by Crippen LogP contribution is 1.97. The molecule has 8 N–H and O–H groups in total. The van der Waals surface area contributed by atoms with E-state index in [-0.39, 0.29) is 12.6 Å². The van der Waals surface area contributed by atoms with Crippen molar-refractivity contribution in [2.24, 2.45) is 0 Å². The van der Waals surface area contributed by atoms with Crippen LogP contribution in [0, 0.1) is 0 Å². The van der Waals surface area contributed by atoms with E-state index in [1.54, 1.807) is 0 Å². The second-order valence-electron chi connectivity index (χ2n) is 3.73. The van der Waals surface area contributed by atoms with Gasteiger partial charge in [0.1, 0.15) is 36.6 Å². The predicted molar refractivity (Wildman–Crippen MR) is 62.3 cm³/mol. The Kier molecular flexibility index (Phi) is 12.6. The molecule has 0 saturated carbocycles. The van der Waals surface area contributed by atoms with Crippen LogP contribution in [0.25, 0.3) is 0 Å². The van der Waals surface area contributed by atoms with E-state index in [4.69, 9.17) is 40.9 Å². The molecule has 0 aliphatic rings. The number of rotatable bonds is 8. The Labute approximate surface area is 114 Å². The zero-order valence-electron chi connectivity index (χ0n) is 10.4. The molecule has 10 heteroatoms. The fourth-order valence-electron chi connectivity index (χ4n) is 0.832. The van der Waals surface area contributed by atoms with Crippen LogP contribution in [0.3, 0.4) is 0 Å². The van der Waals surface area contributed by atoms with Crippen molar-refractivity contribution < 1.29 is 50.4 Å². The van der Waals surface area contributed by atoms with Gasteiger partial charge in [-0.3, -0.25) is 0 Å². The van der Waals surface area contributed by atoms with Gasteiger partial charge >= 0.3 is 0 Å². The maximum absolute atomic E-state index is 9.76. The first-order valence-electron chi connectivity index (χ1n) is 5.47. The van der Waals surface area contributed by atoms with Gasteiger partial charge in [-0.2, -0.15) is 0 Å². The number of hydrogen-bond acceptors (Lipinski definition) is 10. The smallest absolute Gasteiger partial charge is 0.151 e. The molecule has 0 bridgehead atoms. The van der Waals surface area contributed by atoms with Gasteiger partial charge < -0.3 is 50.4 Å². The van der Waals surface area contributed by atoms with Gasteiger partial charge in [0, 0.05) is 0 Å². The van der Waals surface area contributed by atoms with Crippen molar-refractivity contribution in [2.75, 3.05) is 13.2 Å². The SMILES string of the molecule is O=C[C@@H](O)[C@H](O)[C@@H](O)CO.O=C[C@H](O)[C@H](O)[C@H](O)CO. The first-order valence-corrected chi connectivity index (χ1v) is 5.47. The first kappa shape index (κ1) is 21.3. The maximum atomic E-state index is 9.76. The molecule has 0 fully saturated rings. The van der Waals surface area contributed by atoms with E-state index in [0.29, 0.717) is 0 Å². The third kappa shape index (κ3) is 8.24. The molecule has 0 aromatic carbocycles. The Morgan fingerprint density at radius 1 is 0.650 bits per heavy atom. The third-order valence-corrected chi connectivity index (χ3v) is 2.14. The van der Waals surface area contributed by atoms with Crippen LogP contribution in [0.2, 0.25) is 0 Å². The average Bonchev–Trinajstić information content (AvgIpc) is 2.50. The molecule has 0 heterocycles. The first-order chi connectivity index (χ1) is 9.26. The summed E-state index contributed by atoms with van der Waals surface area (Å²) in [6, 6.07) is 0. The minimum Gasteiger partial charge on any atom is -0.394 e. The molecule has 6 atom stereocenters. The lowest BCUT2D eigenvalue weighted by Crippen LogP contribution is -2.40. The Bertz CT molecular complexity index is 234. The molecule has 10 nitrogen and oxygen atoms in total. The van der Waals surface area contributed by atoms with Crippen molar-refractivity contribution in [3.63, 3.8) is 0 Å². The van der Waals surface area contributed by atoms with E-state index < -0.39 is 49.8 Å². The van der Waals surface area contributed by atoms with Crippen molar-refractivity contribution in [1.82, 2.24) is 0 Å². The summed E-state index contributed by atoms with van der Waals surface area (Å²) < 4.78 is 0. The largest absolute Gasteiger partial charge is 0.394 e. The number of hydrogen-bond donors (Lipinski definition) is 8. The molecule has 0 amide bonds. The lowest BCUT2D eigenvalue weighted by atomic mass is 10.1. The molecular formula is C10H20O10. The number of aliphatic hydroxyl groups is 8. The van der Waals surface area contributed by atoms with Crippen LogP contribution in [0.5, 0.6) is 0 Å². The van der Waals surface area contributed by atoms with Crippen LogP contribution in [0.1, 0.15) is 0 Å². The van der Waals surface area contributed by atoms with Gasteiger partial charge in [-0.1, -0.05) is 0 Å². The molecule has 0 radical (unpaired) electrons. The van der Waals surface area contributed by atoms with Crippen molar-refractivity contribution in [3.8, 4) is 0 Å². The summed E-state index contributed by atoms with van der Waals surface area (Å²) in [6.07, 6.45) is -9.26. The topological polar surface area (TPSA) is 196 Å². The van der Waals surface area contributed by atoms with Gasteiger partial charge in [0.25, 0.3) is 0 Å². The molecule has 0 unspecified atom stereocenters. The second kappa shape index (κ2) is 11.8. The molecule has 0 aliphatic carbocycles. The zero-order valence-corrected chi connectivity index (χ0v) is 10.4. The third-order valence-electron chi connectivity index (χ3n) is 2.14. The highest BCUT2D eigenvalue weighted by atomic mass is 16.4. The summed E-state index contributed by atoms with van der Waals surface area (Å²) >= 11 is 0. The van der Waals surface area contributed by atoms with E-state index >= 15 is 0 Å². The standard InChI is InChI=1S/2C5H10O5/c2*6-1-3(8)5(10)4(9)2-7/h2*1,3-5,7-10H,2H2/t3-,4+,5+;3-,4+,5-/m10/s1. The monoisotopic (exact) mass is 300 g/mol. The summed E-state index contributed by atoms with van der Waals surface area (Å²) in [4.78, 5) is 19.5. The van der Waals surface area contributed by atoms with E-state index in [1.165, 1.54) is 0 Å². The fourth-order valence-corrected chi connectivity index (χ4v) is 0.832. The molecule has 0 aliphatic heterocycles. The van der Waals surface area contributed by atoms with Crippen molar-refractivity contribution in [2.45, 2.75) is 36.6 Å². The molecule has 0 aromatic rings. The van der Waals surface area contributed by atoms with Crippen LogP contribution in [0.4, 0.5) is 0 Å². The summed E-state index contributed by atoms with van der Waals surface area (Å²) in [5.41, 5.74) is 0. The fraction of sp³-hybridized carbons (Fsp3) is 0.800. The van der Waals surface area contributed by atoms with Crippen molar-refractivity contribution >= 4 is 12.6 Å². The van der Waals surface area contributed by atoms with E-state index in [9.17, 15) is 9.59 Å². The Hall–Kier alpha value is -0.980. The highest BCUT2D eigenvalue weighted by Gasteiger charge is 2.23. The Balaban J connectivity index is 0. The van der Waals surface area contributed by atoms with E-state index in [1.807, 2.05) is 0 Å². The second-order valence-corrected chi connectivity index (χ2v) is 3.73. The quantitative estimate of drug-likeness (QED) is 0.200. The molecule has 0 aromatic heterocycles. The summed E-state index contributed by atoms with van der Waals surface area (Å²) in [5.74, 6) is 0. The van der Waals surface area contributed by atoms with Crippen LogP contribution in [-0.4, -0.2) is 103 Å². The van der Waals surface area contributed by atoms with E-state index in [2.05, 4.69) is 0 Å². The van der Waals surface area contributed by atoms with E-state index in [0.717, 1.165) is 0 Å². The van der Waals surface area contributed by atoms with Crippen LogP contribution >= 0.6 is 0 Å². The van der Waals surface area contributed by atoms with Gasteiger partial charge in [0.05, 0.1) is 13.2 Å². The zero-order chi connectivity index (χ0) is 16.3. The minimum atomic E-state index is -1.64. The van der Waals surface area contributed by atoms with Gasteiger partial charge in [-0.25, -0.2) is 0 Å². The lowest BCUT2D eigenvalue weighted by molar-refractivity contribution is -0.128. The Morgan fingerprint density at radius 2 is 0.900 bits per heavy atom. The van der Waals surface area contributed by atoms with Crippen LogP contribution in [0.15, 0.2) is 0 Å². The maximum Gasteiger partial charge on any atom is 0.151 e. The molecule has 0 saturated heterocycles.